The van der Waals surface area contributed by atoms with Crippen molar-refractivity contribution in [2.75, 3.05) is 18.4 Å². The van der Waals surface area contributed by atoms with Crippen LogP contribution in [0.3, 0.4) is 0 Å². The van der Waals surface area contributed by atoms with Crippen molar-refractivity contribution in [1.82, 2.24) is 15.1 Å². The Balaban J connectivity index is 2.07. The molecule has 1 aliphatic rings. The summed E-state index contributed by atoms with van der Waals surface area (Å²) >= 11 is 0. The molecular formula is C11H18N4O. The summed E-state index contributed by atoms with van der Waals surface area (Å²) in [5.74, 6) is 0.714. The third-order valence-electron chi connectivity index (χ3n) is 3.36. The molecule has 1 aromatic rings. The molecule has 88 valence electrons. The van der Waals surface area contributed by atoms with Crippen LogP contribution >= 0.6 is 0 Å². The molecule has 0 aliphatic carbocycles. The van der Waals surface area contributed by atoms with Crippen molar-refractivity contribution in [2.24, 2.45) is 12.5 Å². The number of hydrogen-bond acceptors (Lipinski definition) is 3. The van der Waals surface area contributed by atoms with E-state index >= 15 is 0 Å². The molecule has 2 rings (SSSR count). The number of anilines is 1. The Morgan fingerprint density at radius 3 is 3.06 bits per heavy atom. The van der Waals surface area contributed by atoms with Crippen LogP contribution in [0.1, 0.15) is 19.8 Å². The van der Waals surface area contributed by atoms with Crippen LogP contribution in [0, 0.1) is 5.41 Å². The zero-order chi connectivity index (χ0) is 11.6. The van der Waals surface area contributed by atoms with E-state index in [0.717, 1.165) is 25.9 Å². The van der Waals surface area contributed by atoms with Crippen molar-refractivity contribution in [3.05, 3.63) is 12.3 Å². The van der Waals surface area contributed by atoms with Crippen LogP contribution < -0.4 is 10.6 Å². The number of hydrogen-bond donors (Lipinski definition) is 2. The van der Waals surface area contributed by atoms with Crippen molar-refractivity contribution in [2.45, 2.75) is 19.8 Å². The summed E-state index contributed by atoms with van der Waals surface area (Å²) in [6.07, 6.45) is 3.59. The van der Waals surface area contributed by atoms with E-state index in [1.54, 1.807) is 4.68 Å². The quantitative estimate of drug-likeness (QED) is 0.793. The summed E-state index contributed by atoms with van der Waals surface area (Å²) in [6, 6.07) is 1.81. The molecule has 1 aliphatic heterocycles. The van der Waals surface area contributed by atoms with E-state index in [0.29, 0.717) is 5.82 Å². The molecule has 1 atom stereocenters. The van der Waals surface area contributed by atoms with Crippen molar-refractivity contribution >= 4 is 11.7 Å². The van der Waals surface area contributed by atoms with E-state index < -0.39 is 0 Å². The smallest absolute Gasteiger partial charge is 0.233 e. The Bertz CT molecular complexity index is 379. The SMILES string of the molecule is CCC1(C(=O)Nc2ccn(C)n2)CCNC1. The van der Waals surface area contributed by atoms with Gasteiger partial charge < -0.3 is 10.6 Å². The molecule has 5 nitrogen and oxygen atoms in total. The molecule has 1 aromatic heterocycles. The van der Waals surface area contributed by atoms with E-state index in [-0.39, 0.29) is 11.3 Å². The molecule has 2 heterocycles. The number of amides is 1. The average molecular weight is 222 g/mol. The molecule has 5 heteroatoms. The second-order valence-electron chi connectivity index (χ2n) is 4.39. The van der Waals surface area contributed by atoms with Crippen LogP contribution in [0.25, 0.3) is 0 Å². The topological polar surface area (TPSA) is 59.0 Å². The van der Waals surface area contributed by atoms with Gasteiger partial charge in [0, 0.05) is 25.9 Å². The lowest BCUT2D eigenvalue weighted by atomic mass is 9.83. The summed E-state index contributed by atoms with van der Waals surface area (Å²) in [5, 5.41) is 10.3. The predicted octanol–water partition coefficient (Wildman–Crippen LogP) is 0.748. The van der Waals surface area contributed by atoms with Crippen LogP contribution in [0.5, 0.6) is 0 Å². The van der Waals surface area contributed by atoms with Gasteiger partial charge in [-0.05, 0) is 19.4 Å². The highest BCUT2D eigenvalue weighted by molar-refractivity contribution is 5.94. The molecule has 0 radical (unpaired) electrons. The molecule has 0 saturated carbocycles. The van der Waals surface area contributed by atoms with Gasteiger partial charge in [-0.25, -0.2) is 0 Å². The van der Waals surface area contributed by atoms with E-state index in [4.69, 9.17) is 0 Å². The molecule has 1 fully saturated rings. The minimum Gasteiger partial charge on any atom is -0.316 e. The fourth-order valence-electron chi connectivity index (χ4n) is 2.13. The molecule has 0 spiro atoms. The summed E-state index contributed by atoms with van der Waals surface area (Å²) in [7, 11) is 1.84. The number of nitrogens with one attached hydrogen (secondary N) is 2. The lowest BCUT2D eigenvalue weighted by Crippen LogP contribution is -2.37. The maximum atomic E-state index is 12.2. The number of aromatic nitrogens is 2. The first kappa shape index (κ1) is 11.1. The number of aryl methyl sites for hydroxylation is 1. The molecule has 0 aromatic carbocycles. The first-order valence-electron chi connectivity index (χ1n) is 5.68. The summed E-state index contributed by atoms with van der Waals surface area (Å²) in [4.78, 5) is 12.2. The van der Waals surface area contributed by atoms with Crippen molar-refractivity contribution in [3.8, 4) is 0 Å². The monoisotopic (exact) mass is 222 g/mol. The number of rotatable bonds is 3. The Labute approximate surface area is 95.2 Å². The molecule has 1 saturated heterocycles. The van der Waals surface area contributed by atoms with Gasteiger partial charge in [-0.3, -0.25) is 9.48 Å². The zero-order valence-electron chi connectivity index (χ0n) is 9.79. The summed E-state index contributed by atoms with van der Waals surface area (Å²) in [6.45, 7) is 3.75. The fourth-order valence-corrected chi connectivity index (χ4v) is 2.13. The van der Waals surface area contributed by atoms with Gasteiger partial charge >= 0.3 is 0 Å². The van der Waals surface area contributed by atoms with E-state index in [9.17, 15) is 4.79 Å². The maximum Gasteiger partial charge on any atom is 0.233 e. The Morgan fingerprint density at radius 1 is 1.75 bits per heavy atom. The van der Waals surface area contributed by atoms with Gasteiger partial charge in [0.15, 0.2) is 5.82 Å². The second-order valence-corrected chi connectivity index (χ2v) is 4.39. The second kappa shape index (κ2) is 4.25. The molecule has 1 amide bonds. The van der Waals surface area contributed by atoms with E-state index in [1.165, 1.54) is 0 Å². The Kier molecular flexibility index (Phi) is 2.96. The van der Waals surface area contributed by atoms with Crippen LogP contribution in [0.2, 0.25) is 0 Å². The molecule has 0 bridgehead atoms. The maximum absolute atomic E-state index is 12.2. The summed E-state index contributed by atoms with van der Waals surface area (Å²) in [5.41, 5.74) is -0.252. The highest BCUT2D eigenvalue weighted by atomic mass is 16.2. The van der Waals surface area contributed by atoms with Crippen molar-refractivity contribution in [3.63, 3.8) is 0 Å². The number of carbonyl (C=O) groups excluding carboxylic acids is 1. The normalized spacial score (nSPS) is 24.6. The lowest BCUT2D eigenvalue weighted by Gasteiger charge is -2.24. The third kappa shape index (κ3) is 1.95. The van der Waals surface area contributed by atoms with Gasteiger partial charge in [0.05, 0.1) is 5.41 Å². The van der Waals surface area contributed by atoms with Crippen LogP contribution in [0.4, 0.5) is 5.82 Å². The first-order chi connectivity index (χ1) is 7.66. The molecule has 1 unspecified atom stereocenters. The molecular weight excluding hydrogens is 204 g/mol. The van der Waals surface area contributed by atoms with Crippen LogP contribution in [-0.4, -0.2) is 28.8 Å². The van der Waals surface area contributed by atoms with Gasteiger partial charge in [0.1, 0.15) is 0 Å². The van der Waals surface area contributed by atoms with Crippen LogP contribution in [-0.2, 0) is 11.8 Å². The van der Waals surface area contributed by atoms with Crippen LogP contribution in [0.15, 0.2) is 12.3 Å². The number of carbonyl (C=O) groups is 1. The largest absolute Gasteiger partial charge is 0.316 e. The van der Waals surface area contributed by atoms with Crippen molar-refractivity contribution in [1.29, 1.82) is 0 Å². The number of nitrogens with zero attached hydrogens (tertiary/aromatic N) is 2. The highest BCUT2D eigenvalue weighted by Crippen LogP contribution is 2.30. The molecule has 2 N–H and O–H groups in total. The Hall–Kier alpha value is -1.36. The summed E-state index contributed by atoms with van der Waals surface area (Å²) < 4.78 is 1.68. The Morgan fingerprint density at radius 2 is 2.56 bits per heavy atom. The van der Waals surface area contributed by atoms with E-state index in [1.807, 2.05) is 19.3 Å². The highest BCUT2D eigenvalue weighted by Gasteiger charge is 2.39. The van der Waals surface area contributed by atoms with E-state index in [2.05, 4.69) is 22.7 Å². The van der Waals surface area contributed by atoms with Gasteiger partial charge in [-0.1, -0.05) is 6.92 Å². The first-order valence-corrected chi connectivity index (χ1v) is 5.68. The third-order valence-corrected chi connectivity index (χ3v) is 3.36. The van der Waals surface area contributed by atoms with Gasteiger partial charge in [-0.15, -0.1) is 0 Å². The minimum absolute atomic E-state index is 0.0821. The minimum atomic E-state index is -0.252. The fraction of sp³-hybridized carbons (Fsp3) is 0.636. The molecule has 16 heavy (non-hydrogen) atoms. The van der Waals surface area contributed by atoms with Gasteiger partial charge in [-0.2, -0.15) is 5.10 Å². The average Bonchev–Trinajstić information content (AvgIpc) is 2.88. The van der Waals surface area contributed by atoms with Gasteiger partial charge in [0.2, 0.25) is 5.91 Å². The van der Waals surface area contributed by atoms with Crippen molar-refractivity contribution < 1.29 is 4.79 Å². The zero-order valence-corrected chi connectivity index (χ0v) is 9.79. The standard InChI is InChI=1S/C11H18N4O/c1-3-11(5-6-12-8-11)10(16)13-9-4-7-15(2)14-9/h4,7,12H,3,5-6,8H2,1-2H3,(H,13,14,16). The predicted molar refractivity (Wildman–Crippen MR) is 62.0 cm³/mol. The lowest BCUT2D eigenvalue weighted by molar-refractivity contribution is -0.124. The van der Waals surface area contributed by atoms with Gasteiger partial charge in [0.25, 0.3) is 0 Å².